The van der Waals surface area contributed by atoms with E-state index in [2.05, 4.69) is 11.3 Å². The van der Waals surface area contributed by atoms with E-state index in [4.69, 9.17) is 86.7 Å². The van der Waals surface area contributed by atoms with E-state index < -0.39 is 26.0 Å². The first-order valence-electron chi connectivity index (χ1n) is 4.93. The summed E-state index contributed by atoms with van der Waals surface area (Å²) in [5.41, 5.74) is 0. The molecule has 0 fully saturated rings. The van der Waals surface area contributed by atoms with Crippen molar-refractivity contribution < 1.29 is 21.4 Å². The van der Waals surface area contributed by atoms with Crippen LogP contribution >= 0.6 is 82.0 Å². The van der Waals surface area contributed by atoms with Crippen molar-refractivity contribution in [2.24, 2.45) is 0 Å². The molecule has 0 aliphatic rings. The minimum absolute atomic E-state index is 0. The number of ether oxygens (including phenoxy) is 2. The molecular weight excluding hydrogens is 711 g/mol. The first-order valence-corrected chi connectivity index (χ1v) is 25.6. The Hall–Kier alpha value is 3.10. The maximum atomic E-state index is 5.61. The molecule has 0 aliphatic heterocycles. The van der Waals surface area contributed by atoms with Gasteiger partial charge in [0.15, 0.2) is 0 Å². The molecule has 0 amide bonds. The van der Waals surface area contributed by atoms with E-state index in [0.29, 0.717) is 12.8 Å². The first-order chi connectivity index (χ1) is 9.21. The topological polar surface area (TPSA) is 18.5 Å². The Bertz CT molecular complexity index is 210. The molecule has 0 unspecified atom stereocenters. The summed E-state index contributed by atoms with van der Waals surface area (Å²) in [6, 6.07) is 0. The summed E-state index contributed by atoms with van der Waals surface area (Å²) in [4.78, 5) is 0. The molecule has 0 aromatic carbocycles. The molecule has 0 heterocycles. The molecular formula is C12H36Cl8O2PtSi2. The van der Waals surface area contributed by atoms with E-state index >= 15 is 0 Å². The molecule has 0 aromatic rings. The predicted molar refractivity (Wildman–Crippen MR) is 132 cm³/mol. The van der Waals surface area contributed by atoms with Crippen LogP contribution < -0.4 is 0 Å². The fraction of sp³-hybridized carbons (Fsp3) is 0.833. The Morgan fingerprint density at radius 3 is 1.20 bits per heavy atom. The molecule has 0 aliphatic carbocycles. The summed E-state index contributed by atoms with van der Waals surface area (Å²) in [5.74, 6) is 0. The van der Waals surface area contributed by atoms with E-state index in [1.807, 2.05) is 13.1 Å². The van der Waals surface area contributed by atoms with Gasteiger partial charge in [-0.1, -0.05) is 35.8 Å². The molecule has 13 heteroatoms. The Labute approximate surface area is 198 Å². The number of rotatable bonds is 4. The molecule has 170 valence electrons. The third kappa shape index (κ3) is 206. The molecule has 0 saturated carbocycles. The van der Waals surface area contributed by atoms with E-state index in [1.54, 1.807) is 20.3 Å². The van der Waals surface area contributed by atoms with E-state index in [-0.39, 0.29) is 29.7 Å². The molecule has 0 spiro atoms. The Balaban J connectivity index is -0.0000000248. The third-order valence-electron chi connectivity index (χ3n) is 0.682. The van der Waals surface area contributed by atoms with Gasteiger partial charge >= 0.3 is 49.6 Å². The molecule has 2 nitrogen and oxygen atoms in total. The second-order valence-electron chi connectivity index (χ2n) is 3.04. The van der Waals surface area contributed by atoms with Crippen LogP contribution in [0.4, 0.5) is 0 Å². The monoisotopic (exact) mass is 743 g/mol. The van der Waals surface area contributed by atoms with Gasteiger partial charge in [0.2, 0.25) is 7.42 Å². The van der Waals surface area contributed by atoms with Crippen LogP contribution in [0.2, 0.25) is 13.1 Å². The third-order valence-corrected chi connectivity index (χ3v) is 2.13. The molecule has 0 radical (unpaired) electrons. The van der Waals surface area contributed by atoms with Gasteiger partial charge in [-0.25, -0.2) is 0 Å². The van der Waals surface area contributed by atoms with Crippen molar-refractivity contribution in [3.05, 3.63) is 12.7 Å². The van der Waals surface area contributed by atoms with Crippen molar-refractivity contribution in [3.63, 3.8) is 0 Å². The summed E-state index contributed by atoms with van der Waals surface area (Å²) in [6.45, 7) is 5.80. The van der Waals surface area contributed by atoms with Crippen molar-refractivity contribution in [1.82, 2.24) is 0 Å². The molecule has 25 heavy (non-hydrogen) atoms. The summed E-state index contributed by atoms with van der Waals surface area (Å²) < 4.78 is 9.28. The zero-order valence-corrected chi connectivity index (χ0v) is 22.4. The van der Waals surface area contributed by atoms with Crippen LogP contribution in [0.25, 0.3) is 0 Å². The number of methoxy groups -OCH3 is 2. The second kappa shape index (κ2) is 34.6. The summed E-state index contributed by atoms with van der Waals surface area (Å²) in [6.07, 6.45) is 2.22. The quantitative estimate of drug-likeness (QED) is 0.162. The van der Waals surface area contributed by atoms with Gasteiger partial charge in [-0.2, -0.15) is 22.2 Å². The van der Waals surface area contributed by atoms with Gasteiger partial charge < -0.3 is 9.47 Å². The standard InChI is InChI=1S/C4H8O.C3H8Cl2OSi.CH4Cl2Si.4CH4.4ClH.Pt/c1-3-4-5-2;1-6-3-7(2,4)5;1-4(2)3;;;;;;;;;/h3H,1,4H2,2H3;3H2,1-2H3;4H,1H3;4*1H4;4*1H;/q;;;;;;;;;;;+4/p-4. The predicted octanol–water partition coefficient (Wildman–Crippen LogP) is 9.15. The Kier molecular flexibility index (Phi) is 70.7. The van der Waals surface area contributed by atoms with Gasteiger partial charge in [0, 0.05) is 14.2 Å². The van der Waals surface area contributed by atoms with Crippen LogP contribution in [0.15, 0.2) is 12.7 Å². The summed E-state index contributed by atoms with van der Waals surface area (Å²) >= 11 is 18.5. The van der Waals surface area contributed by atoms with Crippen molar-refractivity contribution in [3.8, 4) is 0 Å². The molecule has 0 atom stereocenters. The fourth-order valence-corrected chi connectivity index (χ4v) is 1.53. The SMILES string of the molecule is C.C.C.C.C=CCOC.COC[Si](C)(Cl)Cl.C[SiH](Cl)Cl.[Cl][Pt]([Cl])([Cl])[Cl]. The molecule has 0 rings (SSSR count). The van der Waals surface area contributed by atoms with Crippen LogP contribution in [0.5, 0.6) is 0 Å². The van der Waals surface area contributed by atoms with Crippen molar-refractivity contribution in [2.45, 2.75) is 42.8 Å². The molecule has 0 bridgehead atoms. The van der Waals surface area contributed by atoms with Gasteiger partial charge in [-0.05, 0) is 13.1 Å². The van der Waals surface area contributed by atoms with Crippen LogP contribution in [-0.2, 0) is 21.4 Å². The average molecular weight is 747 g/mol. The normalized spacial score (nSPS) is 9.32. The zero-order chi connectivity index (χ0) is 18.1. The number of halogens is 8. The van der Waals surface area contributed by atoms with E-state index in [0.717, 1.165) is 0 Å². The minimum atomic E-state index is -3.06. The van der Waals surface area contributed by atoms with Crippen LogP contribution in [-0.4, -0.2) is 41.2 Å². The van der Waals surface area contributed by atoms with E-state index in [9.17, 15) is 0 Å². The van der Waals surface area contributed by atoms with Crippen molar-refractivity contribution in [1.29, 1.82) is 0 Å². The molecule has 0 saturated heterocycles. The van der Waals surface area contributed by atoms with Crippen LogP contribution in [0.1, 0.15) is 29.7 Å². The molecule has 0 aromatic heterocycles. The van der Waals surface area contributed by atoms with Gasteiger partial charge in [-0.15, -0.1) is 28.7 Å². The first kappa shape index (κ1) is 51.1. The zero-order valence-electron chi connectivity index (χ0n) is 11.9. The van der Waals surface area contributed by atoms with Gasteiger partial charge in [0.1, 0.15) is 0 Å². The molecule has 0 N–H and O–H groups in total. The second-order valence-corrected chi connectivity index (χ2v) is 36.4. The maximum absolute atomic E-state index is 5.61. The van der Waals surface area contributed by atoms with Crippen molar-refractivity contribution in [2.75, 3.05) is 27.1 Å². The average Bonchev–Trinajstić information content (AvgIpc) is 2.13. The Morgan fingerprint density at radius 1 is 0.960 bits per heavy atom. The van der Waals surface area contributed by atoms with Crippen molar-refractivity contribution >= 4 is 96.1 Å². The summed E-state index contributed by atoms with van der Waals surface area (Å²) in [7, 11) is 22.1. The number of hydrogen-bond donors (Lipinski definition) is 0. The van der Waals surface area contributed by atoms with E-state index in [1.165, 1.54) is 0 Å². The van der Waals surface area contributed by atoms with Gasteiger partial charge in [-0.3, -0.25) is 0 Å². The van der Waals surface area contributed by atoms with Gasteiger partial charge in [0.25, 0.3) is 6.69 Å². The van der Waals surface area contributed by atoms with Crippen LogP contribution in [0.3, 0.4) is 0 Å². The fourth-order valence-electron chi connectivity index (χ4n) is 0.371. The Morgan fingerprint density at radius 2 is 1.20 bits per heavy atom. The number of hydrogen-bond acceptors (Lipinski definition) is 2. The van der Waals surface area contributed by atoms with Gasteiger partial charge in [0.05, 0.1) is 12.8 Å². The van der Waals surface area contributed by atoms with Crippen LogP contribution in [0, 0.1) is 0 Å². The summed E-state index contributed by atoms with van der Waals surface area (Å²) in [5, 5.41) is 0.